The maximum absolute atomic E-state index is 12.8. The first-order valence-corrected chi connectivity index (χ1v) is 10.5. The first-order chi connectivity index (χ1) is 15.4. The molecule has 1 amide bonds. The minimum absolute atomic E-state index is 0.220. The molecule has 0 aliphatic heterocycles. The van der Waals surface area contributed by atoms with Crippen molar-refractivity contribution in [2.45, 2.75) is 20.3 Å². The molecule has 164 valence electrons. The van der Waals surface area contributed by atoms with E-state index in [9.17, 15) is 4.79 Å². The number of hydrogen-bond acceptors (Lipinski definition) is 4. The van der Waals surface area contributed by atoms with Gasteiger partial charge < -0.3 is 19.4 Å². The molecule has 0 saturated heterocycles. The summed E-state index contributed by atoms with van der Waals surface area (Å²) in [6, 6.07) is 17.3. The average Bonchev–Trinajstić information content (AvgIpc) is 3.15. The SMILES string of the molecule is COc1ccc(C(=O)Nc2ccc3c(c2)ncn3C)cc1OCCc1ccc(C)cc1C. The van der Waals surface area contributed by atoms with Crippen LogP contribution < -0.4 is 14.8 Å². The van der Waals surface area contributed by atoms with E-state index < -0.39 is 0 Å². The standard InChI is InChI=1S/C26H27N3O3/c1-17-5-6-19(18(2)13-17)11-12-32-25-14-20(7-10-24(25)31-4)26(30)28-21-8-9-23-22(15-21)27-16-29(23)3/h5-10,13-16H,11-12H2,1-4H3,(H,28,30). The van der Waals surface area contributed by atoms with E-state index in [1.54, 1.807) is 31.6 Å². The molecule has 4 rings (SSSR count). The Balaban J connectivity index is 1.46. The van der Waals surface area contributed by atoms with Gasteiger partial charge in [-0.25, -0.2) is 4.98 Å². The highest BCUT2D eigenvalue weighted by Gasteiger charge is 2.13. The number of fused-ring (bicyclic) bond motifs is 1. The molecule has 32 heavy (non-hydrogen) atoms. The number of amides is 1. The highest BCUT2D eigenvalue weighted by molar-refractivity contribution is 6.05. The highest BCUT2D eigenvalue weighted by atomic mass is 16.5. The number of carbonyl (C=O) groups excluding carboxylic acids is 1. The Hall–Kier alpha value is -3.80. The fraction of sp³-hybridized carbons (Fsp3) is 0.231. The van der Waals surface area contributed by atoms with E-state index >= 15 is 0 Å². The second-order valence-corrected chi connectivity index (χ2v) is 7.91. The Morgan fingerprint density at radius 2 is 1.88 bits per heavy atom. The van der Waals surface area contributed by atoms with E-state index in [0.717, 1.165) is 17.5 Å². The van der Waals surface area contributed by atoms with Crippen LogP contribution >= 0.6 is 0 Å². The van der Waals surface area contributed by atoms with Crippen LogP contribution in [0.1, 0.15) is 27.0 Å². The Morgan fingerprint density at radius 1 is 1.03 bits per heavy atom. The third-order valence-electron chi connectivity index (χ3n) is 5.54. The average molecular weight is 430 g/mol. The third kappa shape index (κ3) is 4.59. The van der Waals surface area contributed by atoms with Crippen molar-refractivity contribution in [2.75, 3.05) is 19.0 Å². The maximum Gasteiger partial charge on any atom is 0.255 e. The van der Waals surface area contributed by atoms with Gasteiger partial charge in [0.1, 0.15) is 0 Å². The summed E-state index contributed by atoms with van der Waals surface area (Å²) in [4.78, 5) is 17.2. The maximum atomic E-state index is 12.8. The lowest BCUT2D eigenvalue weighted by Crippen LogP contribution is -2.12. The molecule has 0 aliphatic rings. The van der Waals surface area contributed by atoms with Crippen LogP contribution in [0.5, 0.6) is 11.5 Å². The monoisotopic (exact) mass is 429 g/mol. The van der Waals surface area contributed by atoms with Crippen LogP contribution in [-0.2, 0) is 13.5 Å². The van der Waals surface area contributed by atoms with Crippen LogP contribution in [-0.4, -0.2) is 29.2 Å². The van der Waals surface area contributed by atoms with Crippen LogP contribution in [0.4, 0.5) is 5.69 Å². The zero-order valence-electron chi connectivity index (χ0n) is 18.8. The van der Waals surface area contributed by atoms with E-state index in [1.807, 2.05) is 29.8 Å². The summed E-state index contributed by atoms with van der Waals surface area (Å²) >= 11 is 0. The van der Waals surface area contributed by atoms with Crippen molar-refractivity contribution < 1.29 is 14.3 Å². The van der Waals surface area contributed by atoms with Crippen LogP contribution in [0.15, 0.2) is 60.9 Å². The molecular weight excluding hydrogens is 402 g/mol. The molecule has 0 saturated carbocycles. The third-order valence-corrected chi connectivity index (χ3v) is 5.54. The molecule has 0 fully saturated rings. The summed E-state index contributed by atoms with van der Waals surface area (Å²) in [6.07, 6.45) is 2.53. The van der Waals surface area contributed by atoms with Gasteiger partial charge in [0.25, 0.3) is 5.91 Å². The summed E-state index contributed by atoms with van der Waals surface area (Å²) in [7, 11) is 3.53. The Kier molecular flexibility index (Phi) is 6.12. The molecule has 6 heteroatoms. The van der Waals surface area contributed by atoms with Crippen molar-refractivity contribution in [3.05, 3.63) is 83.2 Å². The fourth-order valence-corrected chi connectivity index (χ4v) is 3.75. The molecule has 1 aromatic heterocycles. The lowest BCUT2D eigenvalue weighted by atomic mass is 10.0. The fourth-order valence-electron chi connectivity index (χ4n) is 3.75. The van der Waals surface area contributed by atoms with Crippen LogP contribution in [0.2, 0.25) is 0 Å². The number of rotatable bonds is 7. The second kappa shape index (κ2) is 9.14. The molecule has 1 heterocycles. The van der Waals surface area contributed by atoms with Crippen molar-refractivity contribution >= 4 is 22.6 Å². The topological polar surface area (TPSA) is 65.4 Å². The van der Waals surface area contributed by atoms with Gasteiger partial charge in [0.15, 0.2) is 11.5 Å². The number of aromatic nitrogens is 2. The van der Waals surface area contributed by atoms with Gasteiger partial charge in [-0.3, -0.25) is 4.79 Å². The molecule has 0 unspecified atom stereocenters. The van der Waals surface area contributed by atoms with E-state index in [1.165, 1.54) is 16.7 Å². The summed E-state index contributed by atoms with van der Waals surface area (Å²) in [5, 5.41) is 2.93. The van der Waals surface area contributed by atoms with Gasteiger partial charge >= 0.3 is 0 Å². The molecule has 3 aromatic carbocycles. The lowest BCUT2D eigenvalue weighted by Gasteiger charge is -2.13. The zero-order valence-corrected chi connectivity index (χ0v) is 18.8. The van der Waals surface area contributed by atoms with Gasteiger partial charge in [-0.05, 0) is 61.4 Å². The van der Waals surface area contributed by atoms with Crippen molar-refractivity contribution in [3.63, 3.8) is 0 Å². The molecule has 0 bridgehead atoms. The van der Waals surface area contributed by atoms with Crippen LogP contribution in [0.3, 0.4) is 0 Å². The van der Waals surface area contributed by atoms with Gasteiger partial charge in [0.05, 0.1) is 31.1 Å². The molecule has 1 N–H and O–H groups in total. The predicted molar refractivity (Wildman–Crippen MR) is 127 cm³/mol. The zero-order chi connectivity index (χ0) is 22.7. The number of imidazole rings is 1. The Labute approximate surface area is 187 Å². The van der Waals surface area contributed by atoms with Crippen molar-refractivity contribution in [2.24, 2.45) is 7.05 Å². The van der Waals surface area contributed by atoms with Gasteiger partial charge in [0.2, 0.25) is 0 Å². The molecule has 6 nitrogen and oxygen atoms in total. The van der Waals surface area contributed by atoms with Gasteiger partial charge in [-0.2, -0.15) is 0 Å². The van der Waals surface area contributed by atoms with Crippen molar-refractivity contribution in [1.29, 1.82) is 0 Å². The van der Waals surface area contributed by atoms with Crippen LogP contribution in [0.25, 0.3) is 11.0 Å². The lowest BCUT2D eigenvalue weighted by molar-refractivity contribution is 0.102. The largest absolute Gasteiger partial charge is 0.493 e. The molecule has 4 aromatic rings. The number of methoxy groups -OCH3 is 1. The van der Waals surface area contributed by atoms with Crippen molar-refractivity contribution in [1.82, 2.24) is 9.55 Å². The van der Waals surface area contributed by atoms with Crippen LogP contribution in [0, 0.1) is 13.8 Å². The Bertz CT molecular complexity index is 1280. The summed E-state index contributed by atoms with van der Waals surface area (Å²) in [5.74, 6) is 0.921. The summed E-state index contributed by atoms with van der Waals surface area (Å²) in [6.45, 7) is 4.68. The van der Waals surface area contributed by atoms with E-state index in [2.05, 4.69) is 42.3 Å². The quantitative estimate of drug-likeness (QED) is 0.445. The van der Waals surface area contributed by atoms with Gasteiger partial charge in [-0.1, -0.05) is 23.8 Å². The van der Waals surface area contributed by atoms with E-state index in [4.69, 9.17) is 9.47 Å². The molecule has 0 aliphatic carbocycles. The molecule has 0 spiro atoms. The minimum Gasteiger partial charge on any atom is -0.493 e. The van der Waals surface area contributed by atoms with Gasteiger partial charge in [0, 0.05) is 24.7 Å². The predicted octanol–water partition coefficient (Wildman–Crippen LogP) is 5.07. The number of aryl methyl sites for hydroxylation is 3. The van der Waals surface area contributed by atoms with E-state index in [-0.39, 0.29) is 5.91 Å². The summed E-state index contributed by atoms with van der Waals surface area (Å²) in [5.41, 5.74) is 6.76. The number of nitrogens with one attached hydrogen (secondary N) is 1. The first kappa shape index (κ1) is 21.4. The highest BCUT2D eigenvalue weighted by Crippen LogP contribution is 2.29. The first-order valence-electron chi connectivity index (χ1n) is 10.5. The number of hydrogen-bond donors (Lipinski definition) is 1. The normalized spacial score (nSPS) is 10.9. The molecule has 0 radical (unpaired) electrons. The number of carbonyl (C=O) groups is 1. The van der Waals surface area contributed by atoms with Crippen molar-refractivity contribution in [3.8, 4) is 11.5 Å². The molecular formula is C26H27N3O3. The van der Waals surface area contributed by atoms with Gasteiger partial charge in [-0.15, -0.1) is 0 Å². The minimum atomic E-state index is -0.220. The number of benzene rings is 3. The number of ether oxygens (including phenoxy) is 2. The smallest absolute Gasteiger partial charge is 0.255 e. The molecule has 0 atom stereocenters. The Morgan fingerprint density at radius 3 is 2.66 bits per heavy atom. The number of anilines is 1. The number of nitrogens with zero attached hydrogens (tertiary/aromatic N) is 2. The second-order valence-electron chi connectivity index (χ2n) is 7.91. The van der Waals surface area contributed by atoms with E-state index in [0.29, 0.717) is 29.4 Å². The summed E-state index contributed by atoms with van der Waals surface area (Å²) < 4.78 is 13.4.